The third kappa shape index (κ3) is 7.45. The number of aromatic carboxylic acids is 1. The van der Waals surface area contributed by atoms with Crippen LogP contribution in [-0.4, -0.2) is 38.2 Å². The topological polar surface area (TPSA) is 91.3 Å². The maximum Gasteiger partial charge on any atom is 0.339 e. The molecule has 1 unspecified atom stereocenters. The molecule has 0 heterocycles. The van der Waals surface area contributed by atoms with Gasteiger partial charge < -0.3 is 24.1 Å². The summed E-state index contributed by atoms with van der Waals surface area (Å²) in [5.74, 6) is 0.730. The smallest absolute Gasteiger partial charge is 0.339 e. The van der Waals surface area contributed by atoms with E-state index in [-0.39, 0.29) is 23.0 Å². The number of rotatable bonds is 14. The average molecular weight is 555 g/mol. The second-order valence-electron chi connectivity index (χ2n) is 9.60. The highest BCUT2D eigenvalue weighted by atomic mass is 16.5. The normalized spacial score (nSPS) is 11.4. The van der Waals surface area contributed by atoms with Crippen molar-refractivity contribution < 1.29 is 33.6 Å². The van der Waals surface area contributed by atoms with E-state index < -0.39 is 5.97 Å². The Balaban J connectivity index is 1.56. The van der Waals surface area contributed by atoms with E-state index in [0.717, 1.165) is 18.4 Å². The number of para-hydroxylation sites is 1. The number of hydrogen-bond acceptors (Lipinski definition) is 6. The van der Waals surface area contributed by atoms with Crippen molar-refractivity contribution in [1.82, 2.24) is 0 Å². The molecule has 0 bridgehead atoms. The molecule has 0 aliphatic carbocycles. The number of Topliss-reactive ketones (excluding diaryl/α,β-unsaturated/α-hetero) is 1. The number of carbonyl (C=O) groups excluding carboxylic acids is 1. The highest BCUT2D eigenvalue weighted by Gasteiger charge is 2.24. The number of carbonyl (C=O) groups is 2. The van der Waals surface area contributed by atoms with Gasteiger partial charge in [-0.15, -0.1) is 0 Å². The summed E-state index contributed by atoms with van der Waals surface area (Å²) in [5, 5.41) is 9.44. The lowest BCUT2D eigenvalue weighted by atomic mass is 9.86. The van der Waals surface area contributed by atoms with Crippen molar-refractivity contribution in [2.24, 2.45) is 5.92 Å². The second kappa shape index (κ2) is 14.0. The molecule has 0 fully saturated rings. The molecule has 0 aliphatic heterocycles. The van der Waals surface area contributed by atoms with Gasteiger partial charge in [0.1, 0.15) is 17.1 Å². The highest BCUT2D eigenvalue weighted by Crippen LogP contribution is 2.39. The van der Waals surface area contributed by atoms with Crippen LogP contribution in [0.3, 0.4) is 0 Å². The first kappa shape index (κ1) is 29.2. The zero-order valence-corrected chi connectivity index (χ0v) is 23.5. The molecular formula is C34H34O7. The number of carboxylic acids is 1. The first-order valence-corrected chi connectivity index (χ1v) is 13.4. The Kier molecular flexibility index (Phi) is 9.99. The summed E-state index contributed by atoms with van der Waals surface area (Å²) in [6.45, 7) is 0. The fraction of sp³-hybridized carbons (Fsp3) is 0.235. The van der Waals surface area contributed by atoms with Gasteiger partial charge in [-0.3, -0.25) is 4.79 Å². The Morgan fingerprint density at radius 3 is 1.98 bits per heavy atom. The van der Waals surface area contributed by atoms with E-state index >= 15 is 0 Å². The molecule has 4 aromatic rings. The van der Waals surface area contributed by atoms with Crippen LogP contribution >= 0.6 is 0 Å². The molecule has 7 heteroatoms. The van der Waals surface area contributed by atoms with Gasteiger partial charge in [-0.25, -0.2) is 4.79 Å². The number of methoxy groups -OCH3 is 3. The summed E-state index contributed by atoms with van der Waals surface area (Å²) in [4.78, 5) is 25.4. The number of aryl methyl sites for hydroxylation is 1. The molecule has 0 aliphatic rings. The summed E-state index contributed by atoms with van der Waals surface area (Å²) < 4.78 is 22.2. The fourth-order valence-corrected chi connectivity index (χ4v) is 4.82. The van der Waals surface area contributed by atoms with Crippen molar-refractivity contribution in [3.63, 3.8) is 0 Å². The van der Waals surface area contributed by atoms with Crippen molar-refractivity contribution in [3.8, 4) is 28.7 Å². The molecule has 41 heavy (non-hydrogen) atoms. The van der Waals surface area contributed by atoms with Gasteiger partial charge in [0.2, 0.25) is 5.75 Å². The molecule has 0 radical (unpaired) electrons. The van der Waals surface area contributed by atoms with Gasteiger partial charge in [-0.05, 0) is 73.2 Å². The molecular weight excluding hydrogens is 520 g/mol. The van der Waals surface area contributed by atoms with Crippen LogP contribution in [0.4, 0.5) is 0 Å². The fourth-order valence-electron chi connectivity index (χ4n) is 4.82. The predicted molar refractivity (Wildman–Crippen MR) is 157 cm³/mol. The number of benzene rings is 4. The Morgan fingerprint density at radius 2 is 1.37 bits per heavy atom. The van der Waals surface area contributed by atoms with Gasteiger partial charge in [0, 0.05) is 11.5 Å². The molecule has 212 valence electrons. The highest BCUT2D eigenvalue weighted by molar-refractivity contribution is 5.99. The van der Waals surface area contributed by atoms with Crippen molar-refractivity contribution in [2.45, 2.75) is 25.7 Å². The molecule has 0 amide bonds. The van der Waals surface area contributed by atoms with Crippen LogP contribution in [0.2, 0.25) is 0 Å². The third-order valence-corrected chi connectivity index (χ3v) is 6.93. The minimum absolute atomic E-state index is 0.00646. The van der Waals surface area contributed by atoms with Gasteiger partial charge in [-0.1, -0.05) is 54.6 Å². The van der Waals surface area contributed by atoms with Crippen LogP contribution in [0.25, 0.3) is 0 Å². The Hall–Kier alpha value is -4.78. The van der Waals surface area contributed by atoms with Gasteiger partial charge in [-0.2, -0.15) is 0 Å². The van der Waals surface area contributed by atoms with Gasteiger partial charge in [0.15, 0.2) is 17.3 Å². The Bertz CT molecular complexity index is 1440. The first-order valence-electron chi connectivity index (χ1n) is 13.4. The van der Waals surface area contributed by atoms with E-state index in [2.05, 4.69) is 12.1 Å². The van der Waals surface area contributed by atoms with E-state index in [1.165, 1.54) is 33.0 Å². The van der Waals surface area contributed by atoms with E-state index in [1.54, 1.807) is 42.5 Å². The monoisotopic (exact) mass is 554 g/mol. The predicted octanol–water partition coefficient (Wildman–Crippen LogP) is 7.27. The lowest BCUT2D eigenvalue weighted by Gasteiger charge is -2.19. The van der Waals surface area contributed by atoms with Crippen LogP contribution in [0.1, 0.15) is 44.7 Å². The van der Waals surface area contributed by atoms with Crippen molar-refractivity contribution >= 4 is 11.8 Å². The van der Waals surface area contributed by atoms with E-state index in [4.69, 9.17) is 18.9 Å². The lowest BCUT2D eigenvalue weighted by molar-refractivity contribution is 0.0694. The number of hydrogen-bond donors (Lipinski definition) is 1. The van der Waals surface area contributed by atoms with Crippen LogP contribution in [0.15, 0.2) is 91.0 Å². The second-order valence-corrected chi connectivity index (χ2v) is 9.60. The first-order chi connectivity index (χ1) is 19.9. The van der Waals surface area contributed by atoms with Crippen LogP contribution < -0.4 is 18.9 Å². The van der Waals surface area contributed by atoms with Crippen molar-refractivity contribution in [2.75, 3.05) is 21.3 Å². The molecule has 1 atom stereocenters. The summed E-state index contributed by atoms with van der Waals surface area (Å²) in [6.07, 6.45) is 2.93. The number of carboxylic acid groups (broad SMARTS) is 1. The van der Waals surface area contributed by atoms with E-state index in [9.17, 15) is 14.7 Å². The average Bonchev–Trinajstić information content (AvgIpc) is 3.01. The molecule has 4 rings (SSSR count). The minimum atomic E-state index is -1.05. The summed E-state index contributed by atoms with van der Waals surface area (Å²) in [7, 11) is 4.59. The standard InChI is InChI=1S/C34H34O7/c1-38-30-21-26(22-31(39-2)33(30)40-3)32(35)25(13-9-12-23-10-5-4-6-11-23)20-24-16-18-27(19-17-24)41-29-15-8-7-14-28(29)34(36)37/h4-8,10-11,14-19,21-22,25H,9,12-13,20H2,1-3H3,(H,36,37). The number of ketones is 1. The van der Waals surface area contributed by atoms with Crippen molar-refractivity contribution in [3.05, 3.63) is 113 Å². The van der Waals surface area contributed by atoms with E-state index in [1.807, 2.05) is 30.3 Å². The molecule has 7 nitrogen and oxygen atoms in total. The Labute approximate surface area is 240 Å². The van der Waals surface area contributed by atoms with Crippen molar-refractivity contribution in [1.29, 1.82) is 0 Å². The van der Waals surface area contributed by atoms with Gasteiger partial charge in [0.05, 0.1) is 21.3 Å². The Morgan fingerprint density at radius 1 is 0.732 bits per heavy atom. The SMILES string of the molecule is COc1cc(C(=O)C(CCCc2ccccc2)Cc2ccc(Oc3ccccc3C(=O)O)cc2)cc(OC)c1OC. The third-order valence-electron chi connectivity index (χ3n) is 6.93. The van der Waals surface area contributed by atoms with Crippen LogP contribution in [-0.2, 0) is 12.8 Å². The quantitative estimate of drug-likeness (QED) is 0.164. The summed E-state index contributed by atoms with van der Waals surface area (Å²) in [6, 6.07) is 27.5. The van der Waals surface area contributed by atoms with Gasteiger partial charge in [0.25, 0.3) is 0 Å². The van der Waals surface area contributed by atoms with Gasteiger partial charge >= 0.3 is 5.97 Å². The number of ether oxygens (including phenoxy) is 4. The molecule has 0 saturated carbocycles. The maximum atomic E-state index is 13.9. The zero-order valence-electron chi connectivity index (χ0n) is 23.5. The largest absolute Gasteiger partial charge is 0.493 e. The molecule has 0 spiro atoms. The minimum Gasteiger partial charge on any atom is -0.493 e. The molecule has 0 aromatic heterocycles. The van der Waals surface area contributed by atoms with E-state index in [0.29, 0.717) is 41.4 Å². The molecule has 0 saturated heterocycles. The molecule has 1 N–H and O–H groups in total. The van der Waals surface area contributed by atoms with Crippen LogP contribution in [0.5, 0.6) is 28.7 Å². The molecule has 4 aromatic carbocycles. The summed E-state index contributed by atoms with van der Waals surface area (Å²) >= 11 is 0. The maximum absolute atomic E-state index is 13.9. The lowest BCUT2D eigenvalue weighted by Crippen LogP contribution is -2.18. The van der Waals surface area contributed by atoms with Crippen LogP contribution in [0, 0.1) is 5.92 Å². The summed E-state index contributed by atoms with van der Waals surface area (Å²) in [5.41, 5.74) is 2.78. The zero-order chi connectivity index (χ0) is 29.2.